The molecule has 0 fully saturated rings. The van der Waals surface area contributed by atoms with E-state index in [0.29, 0.717) is 0 Å². The summed E-state index contributed by atoms with van der Waals surface area (Å²) in [5.41, 5.74) is 2.07. The van der Waals surface area contributed by atoms with Crippen molar-refractivity contribution < 1.29 is 0 Å². The van der Waals surface area contributed by atoms with Crippen LogP contribution in [0.25, 0.3) is 10.9 Å². The van der Waals surface area contributed by atoms with Gasteiger partial charge < -0.3 is 0 Å². The number of hydrogen-bond acceptors (Lipinski definition) is 1. The molecule has 0 radical (unpaired) electrons. The van der Waals surface area contributed by atoms with Crippen LogP contribution in [0.2, 0.25) is 0 Å². The summed E-state index contributed by atoms with van der Waals surface area (Å²) in [5, 5.41) is 8.23. The number of benzene rings is 1. The van der Waals surface area contributed by atoms with E-state index in [1.165, 1.54) is 0 Å². The fraction of sp³-hybridized carbons (Fsp3) is 0.125. The van der Waals surface area contributed by atoms with Crippen molar-refractivity contribution >= 4 is 42.8 Å². The molecule has 0 aliphatic rings. The molecular formula is C8H6Br2N2. The number of halogens is 2. The van der Waals surface area contributed by atoms with Gasteiger partial charge in [-0.2, -0.15) is 5.10 Å². The Balaban J connectivity index is 2.93. The summed E-state index contributed by atoms with van der Waals surface area (Å²) in [6.45, 7) is 1.98. The average Bonchev–Trinajstić information content (AvgIpc) is 2.31. The molecule has 0 aliphatic carbocycles. The molecule has 0 unspecified atom stereocenters. The minimum absolute atomic E-state index is 1.02. The third-order valence-electron chi connectivity index (χ3n) is 1.76. The first-order valence-electron chi connectivity index (χ1n) is 3.48. The summed E-state index contributed by atoms with van der Waals surface area (Å²) in [5.74, 6) is 0. The van der Waals surface area contributed by atoms with E-state index in [4.69, 9.17) is 0 Å². The van der Waals surface area contributed by atoms with Crippen molar-refractivity contribution in [2.24, 2.45) is 0 Å². The standard InChI is InChI=1S/C8H6Br2N2/c1-4-8-6(10)2-5(9)3-7(8)12-11-4/h2-3H,1H3,(H,11,12). The van der Waals surface area contributed by atoms with Crippen LogP contribution in [0.4, 0.5) is 0 Å². The molecule has 0 amide bonds. The van der Waals surface area contributed by atoms with Gasteiger partial charge in [0.25, 0.3) is 0 Å². The molecule has 2 rings (SSSR count). The van der Waals surface area contributed by atoms with Gasteiger partial charge >= 0.3 is 0 Å². The fourth-order valence-corrected chi connectivity index (χ4v) is 2.74. The maximum Gasteiger partial charge on any atom is 0.0681 e. The van der Waals surface area contributed by atoms with E-state index in [0.717, 1.165) is 25.5 Å². The second-order valence-electron chi connectivity index (χ2n) is 2.62. The van der Waals surface area contributed by atoms with Crippen LogP contribution in [0, 0.1) is 6.92 Å². The molecule has 4 heteroatoms. The number of aromatic nitrogens is 2. The predicted molar refractivity (Wildman–Crippen MR) is 56.2 cm³/mol. The number of rotatable bonds is 0. The van der Waals surface area contributed by atoms with Crippen molar-refractivity contribution in [1.82, 2.24) is 10.2 Å². The van der Waals surface area contributed by atoms with E-state index >= 15 is 0 Å². The lowest BCUT2D eigenvalue weighted by Crippen LogP contribution is -1.73. The fourth-order valence-electron chi connectivity index (χ4n) is 1.23. The lowest BCUT2D eigenvalue weighted by molar-refractivity contribution is 1.07. The van der Waals surface area contributed by atoms with E-state index in [2.05, 4.69) is 42.1 Å². The van der Waals surface area contributed by atoms with E-state index in [-0.39, 0.29) is 0 Å². The molecule has 1 aromatic heterocycles. The molecule has 0 saturated carbocycles. The highest BCUT2D eigenvalue weighted by molar-refractivity contribution is 9.11. The molecule has 1 N–H and O–H groups in total. The van der Waals surface area contributed by atoms with Crippen LogP contribution in [0.15, 0.2) is 21.1 Å². The molecule has 2 aromatic rings. The number of nitrogens with zero attached hydrogens (tertiary/aromatic N) is 1. The third kappa shape index (κ3) is 1.19. The van der Waals surface area contributed by atoms with Crippen molar-refractivity contribution in [2.75, 3.05) is 0 Å². The van der Waals surface area contributed by atoms with Gasteiger partial charge in [-0.1, -0.05) is 15.9 Å². The maximum absolute atomic E-state index is 4.12. The first-order chi connectivity index (χ1) is 5.68. The summed E-state index contributed by atoms with van der Waals surface area (Å²) in [6.07, 6.45) is 0. The molecule has 1 heterocycles. The molecule has 0 spiro atoms. The predicted octanol–water partition coefficient (Wildman–Crippen LogP) is 3.40. The molecule has 0 bridgehead atoms. The Morgan fingerprint density at radius 3 is 2.83 bits per heavy atom. The van der Waals surface area contributed by atoms with Crippen LogP contribution in [0.1, 0.15) is 5.69 Å². The molecule has 0 saturated heterocycles. The van der Waals surface area contributed by atoms with Gasteiger partial charge in [-0.15, -0.1) is 0 Å². The highest BCUT2D eigenvalue weighted by atomic mass is 79.9. The monoisotopic (exact) mass is 288 g/mol. The van der Waals surface area contributed by atoms with Gasteiger partial charge in [-0.3, -0.25) is 5.10 Å². The summed E-state index contributed by atoms with van der Waals surface area (Å²) in [4.78, 5) is 0. The Bertz CT molecular complexity index is 434. The minimum atomic E-state index is 1.02. The van der Waals surface area contributed by atoms with E-state index < -0.39 is 0 Å². The largest absolute Gasteiger partial charge is 0.277 e. The zero-order chi connectivity index (χ0) is 8.72. The number of aryl methyl sites for hydroxylation is 1. The third-order valence-corrected chi connectivity index (χ3v) is 2.84. The first-order valence-corrected chi connectivity index (χ1v) is 5.07. The Hall–Kier alpha value is -0.350. The summed E-state index contributed by atoms with van der Waals surface area (Å²) in [7, 11) is 0. The van der Waals surface area contributed by atoms with Crippen molar-refractivity contribution in [3.8, 4) is 0 Å². The Morgan fingerprint density at radius 2 is 2.08 bits per heavy atom. The molecule has 0 atom stereocenters. The lowest BCUT2D eigenvalue weighted by atomic mass is 10.2. The second-order valence-corrected chi connectivity index (χ2v) is 4.39. The average molecular weight is 290 g/mol. The number of aromatic amines is 1. The first kappa shape index (κ1) is 8.26. The van der Waals surface area contributed by atoms with E-state index in [1.54, 1.807) is 0 Å². The van der Waals surface area contributed by atoms with E-state index in [1.807, 2.05) is 19.1 Å². The van der Waals surface area contributed by atoms with Crippen LogP contribution in [0.3, 0.4) is 0 Å². The lowest BCUT2D eigenvalue weighted by Gasteiger charge is -1.95. The van der Waals surface area contributed by atoms with Gasteiger partial charge in [0, 0.05) is 14.3 Å². The van der Waals surface area contributed by atoms with Crippen LogP contribution < -0.4 is 0 Å². The Morgan fingerprint density at radius 1 is 1.33 bits per heavy atom. The smallest absolute Gasteiger partial charge is 0.0681 e. The SMILES string of the molecule is Cc1n[nH]c2cc(Br)cc(Br)c12. The van der Waals surface area contributed by atoms with Gasteiger partial charge in [0.2, 0.25) is 0 Å². The quantitative estimate of drug-likeness (QED) is 0.791. The van der Waals surface area contributed by atoms with Gasteiger partial charge in [-0.25, -0.2) is 0 Å². The molecule has 62 valence electrons. The Kier molecular flexibility index (Phi) is 1.96. The molecule has 12 heavy (non-hydrogen) atoms. The van der Waals surface area contributed by atoms with Crippen LogP contribution in [-0.4, -0.2) is 10.2 Å². The van der Waals surface area contributed by atoms with Gasteiger partial charge in [0.05, 0.1) is 11.2 Å². The zero-order valence-corrected chi connectivity index (χ0v) is 9.53. The van der Waals surface area contributed by atoms with Crippen molar-refractivity contribution in [2.45, 2.75) is 6.92 Å². The number of nitrogens with one attached hydrogen (secondary N) is 1. The van der Waals surface area contributed by atoms with Crippen molar-refractivity contribution in [1.29, 1.82) is 0 Å². The molecule has 1 aromatic carbocycles. The number of fused-ring (bicyclic) bond motifs is 1. The topological polar surface area (TPSA) is 28.7 Å². The van der Waals surface area contributed by atoms with Gasteiger partial charge in [0.1, 0.15) is 0 Å². The van der Waals surface area contributed by atoms with Crippen molar-refractivity contribution in [3.63, 3.8) is 0 Å². The van der Waals surface area contributed by atoms with Crippen molar-refractivity contribution in [3.05, 3.63) is 26.8 Å². The highest BCUT2D eigenvalue weighted by Crippen LogP contribution is 2.28. The van der Waals surface area contributed by atoms with Crippen LogP contribution in [-0.2, 0) is 0 Å². The summed E-state index contributed by atoms with van der Waals surface area (Å²) < 4.78 is 2.11. The second kappa shape index (κ2) is 2.85. The zero-order valence-electron chi connectivity index (χ0n) is 6.36. The highest BCUT2D eigenvalue weighted by Gasteiger charge is 2.05. The van der Waals surface area contributed by atoms with Gasteiger partial charge in [-0.05, 0) is 35.0 Å². The molecule has 0 aliphatic heterocycles. The van der Waals surface area contributed by atoms with Crippen LogP contribution in [0.5, 0.6) is 0 Å². The normalized spacial score (nSPS) is 10.9. The van der Waals surface area contributed by atoms with Gasteiger partial charge in [0.15, 0.2) is 0 Å². The molecular weight excluding hydrogens is 284 g/mol. The number of hydrogen-bond donors (Lipinski definition) is 1. The molecule has 2 nitrogen and oxygen atoms in total. The van der Waals surface area contributed by atoms with Crippen LogP contribution >= 0.6 is 31.9 Å². The summed E-state index contributed by atoms with van der Waals surface area (Å²) >= 11 is 6.90. The summed E-state index contributed by atoms with van der Waals surface area (Å²) in [6, 6.07) is 4.03. The van der Waals surface area contributed by atoms with E-state index in [9.17, 15) is 0 Å². The Labute approximate surface area is 86.6 Å². The minimum Gasteiger partial charge on any atom is -0.277 e. The maximum atomic E-state index is 4.12. The number of H-pyrrole nitrogens is 1.